The lowest BCUT2D eigenvalue weighted by Crippen LogP contribution is -1.87. The van der Waals surface area contributed by atoms with Gasteiger partial charge in [0.1, 0.15) is 0 Å². The Bertz CT molecular complexity index is 309. The molecule has 60 valence electrons. The number of hydrogen-bond acceptors (Lipinski definition) is 1. The summed E-state index contributed by atoms with van der Waals surface area (Å²) >= 11 is 0. The van der Waals surface area contributed by atoms with E-state index in [-0.39, 0.29) is 0 Å². The lowest BCUT2D eigenvalue weighted by atomic mass is 10.1. The molecule has 1 aliphatic rings. The number of aromatic nitrogens is 1. The predicted molar refractivity (Wildman–Crippen MR) is 49.8 cm³/mol. The molecule has 1 heteroatoms. The number of nitrogens with zero attached hydrogens (tertiary/aromatic N) is 1. The van der Waals surface area contributed by atoms with Crippen LogP contribution in [0, 0.1) is 0 Å². The van der Waals surface area contributed by atoms with E-state index in [4.69, 9.17) is 0 Å². The Morgan fingerprint density at radius 1 is 1.42 bits per heavy atom. The molecule has 0 unspecified atom stereocenters. The van der Waals surface area contributed by atoms with Crippen LogP contribution in [0.15, 0.2) is 48.3 Å². The van der Waals surface area contributed by atoms with Gasteiger partial charge in [0.05, 0.1) is 0 Å². The first-order valence-corrected chi connectivity index (χ1v) is 4.18. The van der Waals surface area contributed by atoms with Gasteiger partial charge >= 0.3 is 0 Å². The summed E-state index contributed by atoms with van der Waals surface area (Å²) in [5.74, 6) is 0. The Morgan fingerprint density at radius 3 is 3.08 bits per heavy atom. The molecule has 12 heavy (non-hydrogen) atoms. The molecule has 1 nitrogen and oxygen atoms in total. The first-order valence-electron chi connectivity index (χ1n) is 4.18. The van der Waals surface area contributed by atoms with Crippen LogP contribution in [-0.4, -0.2) is 4.98 Å². The molecule has 0 aliphatic heterocycles. The minimum Gasteiger partial charge on any atom is -0.264 e. The molecule has 1 aliphatic carbocycles. The highest BCUT2D eigenvalue weighted by Gasteiger charge is 2.00. The van der Waals surface area contributed by atoms with Crippen LogP contribution in [0.25, 0.3) is 0 Å². The Hall–Kier alpha value is -1.37. The van der Waals surface area contributed by atoms with E-state index >= 15 is 0 Å². The summed E-state index contributed by atoms with van der Waals surface area (Å²) in [6.07, 6.45) is 12.4. The third-order valence-electron chi connectivity index (χ3n) is 2.00. The van der Waals surface area contributed by atoms with Gasteiger partial charge in [-0.2, -0.15) is 0 Å². The normalized spacial score (nSPS) is 14.8. The molecule has 0 aromatic carbocycles. The molecule has 1 aromatic heterocycles. The summed E-state index contributed by atoms with van der Waals surface area (Å²) in [5, 5.41) is 0. The van der Waals surface area contributed by atoms with Crippen molar-refractivity contribution >= 4 is 0 Å². The summed E-state index contributed by atoms with van der Waals surface area (Å²) < 4.78 is 0. The summed E-state index contributed by atoms with van der Waals surface area (Å²) in [7, 11) is 0. The highest BCUT2D eigenvalue weighted by molar-refractivity contribution is 5.28. The second-order valence-electron chi connectivity index (χ2n) is 3.00. The summed E-state index contributed by atoms with van der Waals surface area (Å²) in [6.45, 7) is 0. The predicted octanol–water partition coefficient (Wildman–Crippen LogP) is 2.51. The van der Waals surface area contributed by atoms with E-state index in [1.165, 1.54) is 11.1 Å². The average Bonchev–Trinajstić information content (AvgIpc) is 2.59. The van der Waals surface area contributed by atoms with Crippen LogP contribution < -0.4 is 0 Å². The molecule has 0 saturated heterocycles. The zero-order valence-electron chi connectivity index (χ0n) is 6.90. The van der Waals surface area contributed by atoms with Crippen LogP contribution in [0.1, 0.15) is 12.0 Å². The number of pyridine rings is 1. The van der Waals surface area contributed by atoms with Gasteiger partial charge in [-0.3, -0.25) is 4.98 Å². The molecule has 0 fully saturated rings. The second-order valence-corrected chi connectivity index (χ2v) is 3.00. The maximum Gasteiger partial charge on any atom is 0.0303 e. The van der Waals surface area contributed by atoms with Gasteiger partial charge in [0.25, 0.3) is 0 Å². The average molecular weight is 157 g/mol. The fourth-order valence-corrected chi connectivity index (χ4v) is 1.39. The van der Waals surface area contributed by atoms with Crippen molar-refractivity contribution < 1.29 is 0 Å². The Labute approximate surface area is 72.5 Å². The van der Waals surface area contributed by atoms with Gasteiger partial charge in [-0.25, -0.2) is 0 Å². The molecule has 0 bridgehead atoms. The Morgan fingerprint density at radius 2 is 2.42 bits per heavy atom. The van der Waals surface area contributed by atoms with Crippen LogP contribution in [0.2, 0.25) is 0 Å². The highest BCUT2D eigenvalue weighted by atomic mass is 14.6. The minimum absolute atomic E-state index is 1.04. The fraction of sp³-hybridized carbons (Fsp3) is 0.182. The molecule has 0 radical (unpaired) electrons. The monoisotopic (exact) mass is 157 g/mol. The molecule has 1 aromatic rings. The van der Waals surface area contributed by atoms with Crippen LogP contribution in [0.4, 0.5) is 0 Å². The number of rotatable bonds is 2. The first-order chi connectivity index (χ1) is 5.95. The zero-order chi connectivity index (χ0) is 8.23. The van der Waals surface area contributed by atoms with Gasteiger partial charge in [-0.15, -0.1) is 0 Å². The van der Waals surface area contributed by atoms with Crippen molar-refractivity contribution in [2.45, 2.75) is 12.8 Å². The highest BCUT2D eigenvalue weighted by Crippen LogP contribution is 2.15. The van der Waals surface area contributed by atoms with E-state index in [2.05, 4.69) is 29.3 Å². The van der Waals surface area contributed by atoms with E-state index in [9.17, 15) is 0 Å². The molecule has 0 amide bonds. The fourth-order valence-electron chi connectivity index (χ4n) is 1.39. The van der Waals surface area contributed by atoms with Gasteiger partial charge in [0.2, 0.25) is 0 Å². The van der Waals surface area contributed by atoms with Gasteiger partial charge < -0.3 is 0 Å². The summed E-state index contributed by atoms with van der Waals surface area (Å²) in [4.78, 5) is 4.08. The van der Waals surface area contributed by atoms with E-state index in [0.29, 0.717) is 0 Å². The van der Waals surface area contributed by atoms with Crippen LogP contribution in [-0.2, 0) is 6.42 Å². The topological polar surface area (TPSA) is 12.9 Å². The van der Waals surface area contributed by atoms with Gasteiger partial charge in [0, 0.05) is 12.4 Å². The van der Waals surface area contributed by atoms with Crippen molar-refractivity contribution in [2.24, 2.45) is 0 Å². The van der Waals surface area contributed by atoms with Crippen LogP contribution >= 0.6 is 0 Å². The standard InChI is InChI=1S/C11H11N/c1-2-5-10(4-1)8-11-6-3-7-12-9-11/h1-4,6-7,9H,5,8H2. The van der Waals surface area contributed by atoms with Crippen molar-refractivity contribution in [1.29, 1.82) is 0 Å². The van der Waals surface area contributed by atoms with Crippen LogP contribution in [0.5, 0.6) is 0 Å². The van der Waals surface area contributed by atoms with Gasteiger partial charge in [0.15, 0.2) is 0 Å². The molecular weight excluding hydrogens is 146 g/mol. The minimum atomic E-state index is 1.04. The lowest BCUT2D eigenvalue weighted by Gasteiger charge is -2.00. The lowest BCUT2D eigenvalue weighted by molar-refractivity contribution is 1.07. The molecule has 1 heterocycles. The van der Waals surface area contributed by atoms with Crippen LogP contribution in [0.3, 0.4) is 0 Å². The van der Waals surface area contributed by atoms with Crippen molar-refractivity contribution in [2.75, 3.05) is 0 Å². The summed E-state index contributed by atoms with van der Waals surface area (Å²) in [5.41, 5.74) is 2.77. The van der Waals surface area contributed by atoms with Crippen molar-refractivity contribution in [3.63, 3.8) is 0 Å². The van der Waals surface area contributed by atoms with Gasteiger partial charge in [-0.1, -0.05) is 29.9 Å². The third kappa shape index (κ3) is 1.62. The SMILES string of the molecule is C1=CCC(Cc2cccnc2)=C1. The van der Waals surface area contributed by atoms with Crippen molar-refractivity contribution in [1.82, 2.24) is 4.98 Å². The zero-order valence-corrected chi connectivity index (χ0v) is 6.90. The Balaban J connectivity index is 2.05. The maximum absolute atomic E-state index is 4.08. The smallest absolute Gasteiger partial charge is 0.0303 e. The largest absolute Gasteiger partial charge is 0.264 e. The first kappa shape index (κ1) is 7.29. The molecule has 0 N–H and O–H groups in total. The van der Waals surface area contributed by atoms with E-state index in [1.807, 2.05) is 18.5 Å². The maximum atomic E-state index is 4.08. The number of hydrogen-bond donors (Lipinski definition) is 0. The molecular formula is C11H11N. The second kappa shape index (κ2) is 3.35. The quantitative estimate of drug-likeness (QED) is 0.642. The third-order valence-corrected chi connectivity index (χ3v) is 2.00. The van der Waals surface area contributed by atoms with Crippen molar-refractivity contribution in [3.8, 4) is 0 Å². The van der Waals surface area contributed by atoms with E-state index in [1.54, 1.807) is 0 Å². The molecule has 0 atom stereocenters. The molecule has 0 spiro atoms. The number of allylic oxidation sites excluding steroid dienone is 4. The van der Waals surface area contributed by atoms with Gasteiger partial charge in [-0.05, 0) is 24.5 Å². The Kier molecular flexibility index (Phi) is 2.04. The molecule has 2 rings (SSSR count). The van der Waals surface area contributed by atoms with E-state index in [0.717, 1.165) is 12.8 Å². The summed E-state index contributed by atoms with van der Waals surface area (Å²) in [6, 6.07) is 4.10. The molecule has 0 saturated carbocycles. The van der Waals surface area contributed by atoms with E-state index < -0.39 is 0 Å². The van der Waals surface area contributed by atoms with Crippen molar-refractivity contribution in [3.05, 3.63) is 53.9 Å².